The van der Waals surface area contributed by atoms with E-state index in [4.69, 9.17) is 0 Å². The van der Waals surface area contributed by atoms with Gasteiger partial charge in [-0.25, -0.2) is 8.70 Å². The summed E-state index contributed by atoms with van der Waals surface area (Å²) in [5, 5.41) is 0. The molecule has 0 saturated carbocycles. The largest absolute Gasteiger partial charge is 0.408 e. The fraction of sp³-hybridized carbons (Fsp3) is 0.286. The van der Waals surface area contributed by atoms with Gasteiger partial charge in [0.15, 0.2) is 0 Å². The van der Waals surface area contributed by atoms with Crippen LogP contribution in [0, 0.1) is 12.7 Å². The fourth-order valence-electron chi connectivity index (χ4n) is 1.91. The van der Waals surface area contributed by atoms with E-state index in [2.05, 4.69) is 0 Å². The second-order valence-corrected chi connectivity index (χ2v) is 7.24. The van der Waals surface area contributed by atoms with Crippen LogP contribution in [-0.4, -0.2) is 17.5 Å². The van der Waals surface area contributed by atoms with Crippen LogP contribution in [0.15, 0.2) is 40.6 Å². The summed E-state index contributed by atoms with van der Waals surface area (Å²) in [4.78, 5) is 1.04. The molecule has 0 aliphatic heterocycles. The molecule has 0 aliphatic rings. The monoisotopic (exact) mass is 335 g/mol. The lowest BCUT2D eigenvalue weighted by Gasteiger charge is -2.28. The number of aryl methyl sites for hydroxylation is 1. The minimum absolute atomic E-state index is 0.0205. The van der Waals surface area contributed by atoms with E-state index in [9.17, 15) is 17.6 Å². The Morgan fingerprint density at radius 3 is 2.19 bits per heavy atom. The first kappa shape index (κ1) is 16.3. The molecule has 0 radical (unpaired) electrons. The predicted octanol–water partition coefficient (Wildman–Crippen LogP) is 5.44. The molecule has 2 aromatic rings. The van der Waals surface area contributed by atoms with Gasteiger partial charge in [-0.2, -0.15) is 13.2 Å². The fourth-order valence-corrected chi connectivity index (χ4v) is 4.15. The molecular weight excluding hydrogens is 322 g/mol. The molecule has 1 aromatic heterocycles. The third kappa shape index (κ3) is 4.21. The van der Waals surface area contributed by atoms with Crippen molar-refractivity contribution in [3.63, 3.8) is 0 Å². The molecule has 1 atom stereocenters. The highest BCUT2D eigenvalue weighted by Gasteiger charge is 2.44. The van der Waals surface area contributed by atoms with Gasteiger partial charge in [-0.05, 0) is 55.7 Å². The highest BCUT2D eigenvalue weighted by Crippen LogP contribution is 2.42. The quantitative estimate of drug-likeness (QED) is 0.541. The lowest BCUT2D eigenvalue weighted by molar-refractivity contribution is -0.169. The number of alkyl halides is 3. The molecule has 0 unspecified atom stereocenters. The standard InChI is InChI=1S/C14H13F4NS2/c1-9-3-8-12(20-9)21-19(2)13(14(16,17)18)10-4-6-11(15)7-5-10/h3-8,13H,1-2H3/t13-/m0/s1. The Balaban J connectivity index is 2.25. The zero-order valence-corrected chi connectivity index (χ0v) is 13.0. The van der Waals surface area contributed by atoms with E-state index < -0.39 is 18.0 Å². The molecule has 0 aliphatic carbocycles. The maximum atomic E-state index is 13.3. The van der Waals surface area contributed by atoms with Crippen LogP contribution in [0.5, 0.6) is 0 Å². The highest BCUT2D eigenvalue weighted by atomic mass is 32.2. The average Bonchev–Trinajstić information content (AvgIpc) is 2.76. The molecule has 0 saturated heterocycles. The Labute approximate surface area is 128 Å². The summed E-state index contributed by atoms with van der Waals surface area (Å²) < 4.78 is 54.8. The van der Waals surface area contributed by atoms with E-state index >= 15 is 0 Å². The van der Waals surface area contributed by atoms with Gasteiger partial charge in [0.05, 0.1) is 4.21 Å². The number of thiophene rings is 1. The SMILES string of the molecule is Cc1ccc(SN(C)[C@@H](c2ccc(F)cc2)C(F)(F)F)s1. The van der Waals surface area contributed by atoms with Gasteiger partial charge in [-0.15, -0.1) is 11.3 Å². The minimum atomic E-state index is -4.44. The Morgan fingerprint density at radius 2 is 1.71 bits per heavy atom. The van der Waals surface area contributed by atoms with Crippen LogP contribution >= 0.6 is 23.3 Å². The van der Waals surface area contributed by atoms with Crippen LogP contribution in [0.2, 0.25) is 0 Å². The Kier molecular flexibility index (Phi) is 4.95. The number of hydrogen-bond donors (Lipinski definition) is 0. The summed E-state index contributed by atoms with van der Waals surface area (Å²) in [6, 6.07) is 6.30. The zero-order chi connectivity index (χ0) is 15.6. The molecule has 1 heterocycles. The molecule has 114 valence electrons. The summed E-state index contributed by atoms with van der Waals surface area (Å²) in [5.74, 6) is -0.552. The summed E-state index contributed by atoms with van der Waals surface area (Å²) in [6.45, 7) is 1.90. The first-order chi connectivity index (χ1) is 9.77. The summed E-state index contributed by atoms with van der Waals surface area (Å²) in [7, 11) is 1.39. The second-order valence-electron chi connectivity index (χ2n) is 4.50. The van der Waals surface area contributed by atoms with Gasteiger partial charge in [-0.3, -0.25) is 0 Å². The van der Waals surface area contributed by atoms with Crippen LogP contribution in [-0.2, 0) is 0 Å². The Hall–Kier alpha value is -1.05. The van der Waals surface area contributed by atoms with Crippen molar-refractivity contribution in [1.82, 2.24) is 4.31 Å². The summed E-state index contributed by atoms with van der Waals surface area (Å²) in [5.41, 5.74) is 0.0205. The normalized spacial score (nSPS) is 13.7. The van der Waals surface area contributed by atoms with Crippen molar-refractivity contribution in [1.29, 1.82) is 0 Å². The first-order valence-electron chi connectivity index (χ1n) is 6.07. The lowest BCUT2D eigenvalue weighted by atomic mass is 10.1. The van der Waals surface area contributed by atoms with Crippen molar-refractivity contribution >= 4 is 23.3 Å². The Morgan fingerprint density at radius 1 is 1.10 bits per heavy atom. The maximum absolute atomic E-state index is 13.3. The molecule has 0 amide bonds. The third-order valence-electron chi connectivity index (χ3n) is 2.81. The van der Waals surface area contributed by atoms with E-state index in [0.29, 0.717) is 0 Å². The molecule has 21 heavy (non-hydrogen) atoms. The number of benzene rings is 1. The van der Waals surface area contributed by atoms with Gasteiger partial charge in [0.25, 0.3) is 0 Å². The van der Waals surface area contributed by atoms with Crippen molar-refractivity contribution < 1.29 is 17.6 Å². The van der Waals surface area contributed by atoms with E-state index in [1.165, 1.54) is 30.5 Å². The van der Waals surface area contributed by atoms with Gasteiger partial charge in [0, 0.05) is 4.88 Å². The van der Waals surface area contributed by atoms with Crippen molar-refractivity contribution in [2.24, 2.45) is 0 Å². The second kappa shape index (κ2) is 6.37. The van der Waals surface area contributed by atoms with Crippen LogP contribution in [0.1, 0.15) is 16.5 Å². The van der Waals surface area contributed by atoms with Crippen molar-refractivity contribution in [3.8, 4) is 0 Å². The van der Waals surface area contributed by atoms with E-state index in [1.54, 1.807) is 6.07 Å². The Bertz CT molecular complexity index is 592. The topological polar surface area (TPSA) is 3.24 Å². The van der Waals surface area contributed by atoms with Gasteiger partial charge in [-0.1, -0.05) is 12.1 Å². The van der Waals surface area contributed by atoms with E-state index in [0.717, 1.165) is 37.5 Å². The van der Waals surface area contributed by atoms with Crippen LogP contribution < -0.4 is 0 Å². The smallest absolute Gasteiger partial charge is 0.232 e. The lowest BCUT2D eigenvalue weighted by Crippen LogP contribution is -2.31. The maximum Gasteiger partial charge on any atom is 0.408 e. The third-order valence-corrected chi connectivity index (χ3v) is 4.89. The molecule has 2 rings (SSSR count). The molecule has 0 fully saturated rings. The number of nitrogens with zero attached hydrogens (tertiary/aromatic N) is 1. The summed E-state index contributed by atoms with van der Waals surface area (Å²) in [6.07, 6.45) is -4.44. The van der Waals surface area contributed by atoms with Crippen LogP contribution in [0.4, 0.5) is 17.6 Å². The molecule has 0 bridgehead atoms. The van der Waals surface area contributed by atoms with Gasteiger partial charge >= 0.3 is 6.18 Å². The molecule has 0 N–H and O–H groups in total. The van der Waals surface area contributed by atoms with Gasteiger partial charge in [0.2, 0.25) is 0 Å². The number of halogens is 4. The van der Waals surface area contributed by atoms with Gasteiger partial charge < -0.3 is 0 Å². The average molecular weight is 335 g/mol. The predicted molar refractivity (Wildman–Crippen MR) is 77.9 cm³/mol. The van der Waals surface area contributed by atoms with E-state index in [-0.39, 0.29) is 5.56 Å². The summed E-state index contributed by atoms with van der Waals surface area (Å²) >= 11 is 2.47. The minimum Gasteiger partial charge on any atom is -0.232 e. The number of hydrogen-bond acceptors (Lipinski definition) is 3. The molecular formula is C14H13F4NS2. The van der Waals surface area contributed by atoms with Crippen molar-refractivity contribution in [3.05, 3.63) is 52.7 Å². The van der Waals surface area contributed by atoms with Gasteiger partial charge in [0.1, 0.15) is 11.9 Å². The molecule has 7 heteroatoms. The number of rotatable bonds is 4. The van der Waals surface area contributed by atoms with Crippen LogP contribution in [0.3, 0.4) is 0 Å². The molecule has 0 spiro atoms. The van der Waals surface area contributed by atoms with Crippen LogP contribution in [0.25, 0.3) is 0 Å². The molecule has 1 aromatic carbocycles. The van der Waals surface area contributed by atoms with Crippen molar-refractivity contribution in [2.45, 2.75) is 23.4 Å². The van der Waals surface area contributed by atoms with Crippen molar-refractivity contribution in [2.75, 3.05) is 7.05 Å². The zero-order valence-electron chi connectivity index (χ0n) is 11.3. The first-order valence-corrected chi connectivity index (χ1v) is 7.66. The van der Waals surface area contributed by atoms with E-state index in [1.807, 2.05) is 13.0 Å². The molecule has 1 nitrogen and oxygen atoms in total. The highest BCUT2D eigenvalue weighted by molar-refractivity contribution is 7.98.